The summed E-state index contributed by atoms with van der Waals surface area (Å²) in [5.74, 6) is 1.60. The van der Waals surface area contributed by atoms with Gasteiger partial charge in [-0.2, -0.15) is 0 Å². The van der Waals surface area contributed by atoms with Crippen molar-refractivity contribution >= 4 is 0 Å². The minimum absolute atomic E-state index is 0.766. The number of aryl methyl sites for hydroxylation is 1. The highest BCUT2D eigenvalue weighted by atomic mass is 14.8. The maximum Gasteiger partial charge on any atom is -0.00174 e. The zero-order valence-electron chi connectivity index (χ0n) is 12.5. The zero-order chi connectivity index (χ0) is 13.4. The zero-order valence-corrected chi connectivity index (χ0v) is 12.5. The molecule has 0 fully saturated rings. The molecule has 1 N–H and O–H groups in total. The molecule has 0 aliphatic rings. The van der Waals surface area contributed by atoms with Crippen molar-refractivity contribution in [3.63, 3.8) is 0 Å². The molecule has 0 aliphatic carbocycles. The molecule has 18 heavy (non-hydrogen) atoms. The summed E-state index contributed by atoms with van der Waals surface area (Å²) in [5, 5.41) is 3.51. The fraction of sp³-hybridized carbons (Fsp3) is 0.647. The Balaban J connectivity index is 2.56. The number of hydrogen-bond donors (Lipinski definition) is 1. The van der Waals surface area contributed by atoms with E-state index in [1.165, 1.54) is 30.4 Å². The third-order valence-corrected chi connectivity index (χ3v) is 3.76. The molecule has 102 valence electrons. The second kappa shape index (κ2) is 8.31. The summed E-state index contributed by atoms with van der Waals surface area (Å²) in [6, 6.07) is 9.02. The Morgan fingerprint density at radius 2 is 1.78 bits per heavy atom. The summed E-state index contributed by atoms with van der Waals surface area (Å²) < 4.78 is 0. The SMILES string of the molecule is CCNCC(Cc1ccc(C)cc1)CC(C)CC. The maximum absolute atomic E-state index is 3.51. The van der Waals surface area contributed by atoms with Gasteiger partial charge in [-0.3, -0.25) is 0 Å². The van der Waals surface area contributed by atoms with Gasteiger partial charge in [0.05, 0.1) is 0 Å². The molecule has 0 radical (unpaired) electrons. The molecule has 0 bridgehead atoms. The van der Waals surface area contributed by atoms with E-state index in [1.54, 1.807) is 0 Å². The minimum atomic E-state index is 0.766. The van der Waals surface area contributed by atoms with Gasteiger partial charge in [-0.05, 0) is 50.3 Å². The van der Waals surface area contributed by atoms with Gasteiger partial charge in [0.2, 0.25) is 0 Å². The second-order valence-corrected chi connectivity index (χ2v) is 5.61. The Morgan fingerprint density at radius 3 is 2.33 bits per heavy atom. The van der Waals surface area contributed by atoms with Gasteiger partial charge >= 0.3 is 0 Å². The third-order valence-electron chi connectivity index (χ3n) is 3.76. The van der Waals surface area contributed by atoms with E-state index in [0.717, 1.165) is 24.9 Å². The van der Waals surface area contributed by atoms with Crippen LogP contribution in [0.4, 0.5) is 0 Å². The summed E-state index contributed by atoms with van der Waals surface area (Å²) in [6.07, 6.45) is 3.82. The Morgan fingerprint density at radius 1 is 1.11 bits per heavy atom. The van der Waals surface area contributed by atoms with Gasteiger partial charge < -0.3 is 5.32 Å². The molecule has 0 spiro atoms. The predicted molar refractivity (Wildman–Crippen MR) is 81.0 cm³/mol. The number of hydrogen-bond acceptors (Lipinski definition) is 1. The fourth-order valence-electron chi connectivity index (χ4n) is 2.38. The van der Waals surface area contributed by atoms with Crippen LogP contribution in [-0.2, 0) is 6.42 Å². The fourth-order valence-corrected chi connectivity index (χ4v) is 2.38. The molecule has 1 aromatic carbocycles. The monoisotopic (exact) mass is 247 g/mol. The van der Waals surface area contributed by atoms with Crippen LogP contribution in [0.1, 0.15) is 44.7 Å². The van der Waals surface area contributed by atoms with E-state index in [0.29, 0.717) is 0 Å². The molecule has 1 heteroatoms. The van der Waals surface area contributed by atoms with Crippen LogP contribution < -0.4 is 5.32 Å². The quantitative estimate of drug-likeness (QED) is 0.726. The van der Waals surface area contributed by atoms with Crippen LogP contribution >= 0.6 is 0 Å². The lowest BCUT2D eigenvalue weighted by Crippen LogP contribution is -2.25. The molecular formula is C17H29N. The van der Waals surface area contributed by atoms with Crippen molar-refractivity contribution < 1.29 is 0 Å². The third kappa shape index (κ3) is 5.68. The topological polar surface area (TPSA) is 12.0 Å². The average Bonchev–Trinajstić information content (AvgIpc) is 2.38. The van der Waals surface area contributed by atoms with Gasteiger partial charge in [-0.25, -0.2) is 0 Å². The van der Waals surface area contributed by atoms with E-state index >= 15 is 0 Å². The smallest absolute Gasteiger partial charge is 0.00174 e. The number of benzene rings is 1. The number of rotatable bonds is 8. The highest BCUT2D eigenvalue weighted by Gasteiger charge is 2.12. The lowest BCUT2D eigenvalue weighted by molar-refractivity contribution is 0.365. The molecule has 2 atom stereocenters. The molecule has 0 saturated heterocycles. The van der Waals surface area contributed by atoms with Crippen LogP contribution in [0.5, 0.6) is 0 Å². The lowest BCUT2D eigenvalue weighted by Gasteiger charge is -2.21. The van der Waals surface area contributed by atoms with Crippen molar-refractivity contribution in [1.82, 2.24) is 5.32 Å². The van der Waals surface area contributed by atoms with Gasteiger partial charge in [0.15, 0.2) is 0 Å². The van der Waals surface area contributed by atoms with Crippen molar-refractivity contribution in [2.75, 3.05) is 13.1 Å². The van der Waals surface area contributed by atoms with E-state index in [2.05, 4.69) is 57.3 Å². The highest BCUT2D eigenvalue weighted by Crippen LogP contribution is 2.19. The lowest BCUT2D eigenvalue weighted by atomic mass is 9.89. The predicted octanol–water partition coefficient (Wildman–Crippen LogP) is 4.20. The molecule has 0 saturated carbocycles. The van der Waals surface area contributed by atoms with Crippen LogP contribution in [0.15, 0.2) is 24.3 Å². The first-order valence-electron chi connectivity index (χ1n) is 7.41. The van der Waals surface area contributed by atoms with Gasteiger partial charge in [0, 0.05) is 0 Å². The van der Waals surface area contributed by atoms with Crippen LogP contribution in [0.25, 0.3) is 0 Å². The van der Waals surface area contributed by atoms with Gasteiger partial charge in [-0.15, -0.1) is 0 Å². The first kappa shape index (κ1) is 15.2. The van der Waals surface area contributed by atoms with E-state index in [4.69, 9.17) is 0 Å². The Kier molecular flexibility index (Phi) is 7.04. The average molecular weight is 247 g/mol. The molecule has 0 aliphatic heterocycles. The van der Waals surface area contributed by atoms with E-state index in [1.807, 2.05) is 0 Å². The van der Waals surface area contributed by atoms with Crippen molar-refractivity contribution in [2.45, 2.75) is 47.0 Å². The number of nitrogens with one attached hydrogen (secondary N) is 1. The Bertz CT molecular complexity index is 315. The molecule has 0 amide bonds. The molecular weight excluding hydrogens is 218 g/mol. The van der Waals surface area contributed by atoms with E-state index in [-0.39, 0.29) is 0 Å². The summed E-state index contributed by atoms with van der Waals surface area (Å²) in [5.41, 5.74) is 2.83. The Hall–Kier alpha value is -0.820. The minimum Gasteiger partial charge on any atom is -0.317 e. The molecule has 0 heterocycles. The van der Waals surface area contributed by atoms with E-state index in [9.17, 15) is 0 Å². The molecule has 1 nitrogen and oxygen atoms in total. The largest absolute Gasteiger partial charge is 0.317 e. The van der Waals surface area contributed by atoms with Gasteiger partial charge in [0.25, 0.3) is 0 Å². The molecule has 1 rings (SSSR count). The highest BCUT2D eigenvalue weighted by molar-refractivity contribution is 5.21. The first-order valence-corrected chi connectivity index (χ1v) is 7.41. The normalized spacial score (nSPS) is 14.4. The van der Waals surface area contributed by atoms with Crippen molar-refractivity contribution in [2.24, 2.45) is 11.8 Å². The van der Waals surface area contributed by atoms with Gasteiger partial charge in [-0.1, -0.05) is 57.0 Å². The summed E-state index contributed by atoms with van der Waals surface area (Å²) in [4.78, 5) is 0. The second-order valence-electron chi connectivity index (χ2n) is 5.61. The van der Waals surface area contributed by atoms with Crippen LogP contribution in [0.2, 0.25) is 0 Å². The summed E-state index contributed by atoms with van der Waals surface area (Å²) in [7, 11) is 0. The summed E-state index contributed by atoms with van der Waals surface area (Å²) >= 11 is 0. The van der Waals surface area contributed by atoms with Crippen molar-refractivity contribution in [1.29, 1.82) is 0 Å². The van der Waals surface area contributed by atoms with Crippen LogP contribution in [0, 0.1) is 18.8 Å². The standard InChI is InChI=1S/C17H29N/c1-5-14(3)11-17(13-18-6-2)12-16-9-7-15(4)8-10-16/h7-10,14,17-18H,5-6,11-13H2,1-4H3. The van der Waals surface area contributed by atoms with Gasteiger partial charge in [0.1, 0.15) is 0 Å². The molecule has 2 unspecified atom stereocenters. The molecule has 0 aromatic heterocycles. The van der Waals surface area contributed by atoms with Crippen molar-refractivity contribution in [3.8, 4) is 0 Å². The molecule has 1 aromatic rings. The first-order chi connectivity index (χ1) is 8.65. The Labute approximate surface area is 113 Å². The van der Waals surface area contributed by atoms with E-state index < -0.39 is 0 Å². The van der Waals surface area contributed by atoms with Crippen molar-refractivity contribution in [3.05, 3.63) is 35.4 Å². The van der Waals surface area contributed by atoms with Crippen LogP contribution in [0.3, 0.4) is 0 Å². The summed E-state index contributed by atoms with van der Waals surface area (Å²) in [6.45, 7) is 11.2. The maximum atomic E-state index is 3.51. The van der Waals surface area contributed by atoms with Crippen LogP contribution in [-0.4, -0.2) is 13.1 Å².